The Morgan fingerprint density at radius 3 is 2.63 bits per heavy atom. The van der Waals surface area contributed by atoms with E-state index in [1.54, 1.807) is 0 Å². The van der Waals surface area contributed by atoms with Crippen molar-refractivity contribution in [1.29, 1.82) is 0 Å². The van der Waals surface area contributed by atoms with Gasteiger partial charge in [-0.2, -0.15) is 0 Å². The molecular formula is C24H38ClN3O2. The number of nitrogens with one attached hydrogen (secondary N) is 2. The Morgan fingerprint density at radius 2 is 1.97 bits per heavy atom. The third kappa shape index (κ3) is 5.89. The molecule has 168 valence electrons. The molecule has 0 spiro atoms. The molecule has 0 aliphatic carbocycles. The monoisotopic (exact) mass is 435 g/mol. The minimum atomic E-state index is 0.00264. The maximum absolute atomic E-state index is 6.30. The van der Waals surface area contributed by atoms with E-state index < -0.39 is 0 Å². The highest BCUT2D eigenvalue weighted by atomic mass is 35.5. The van der Waals surface area contributed by atoms with Crippen molar-refractivity contribution < 1.29 is 9.47 Å². The van der Waals surface area contributed by atoms with Gasteiger partial charge in [0.25, 0.3) is 0 Å². The van der Waals surface area contributed by atoms with Crippen LogP contribution in [0, 0.1) is 11.3 Å². The molecule has 3 rings (SSSR count). The van der Waals surface area contributed by atoms with Gasteiger partial charge in [0.15, 0.2) is 5.96 Å². The van der Waals surface area contributed by atoms with Crippen LogP contribution in [-0.2, 0) is 14.9 Å². The van der Waals surface area contributed by atoms with Crippen LogP contribution in [0.2, 0.25) is 5.02 Å². The summed E-state index contributed by atoms with van der Waals surface area (Å²) in [5.74, 6) is 1.34. The lowest BCUT2D eigenvalue weighted by Gasteiger charge is -2.41. The lowest BCUT2D eigenvalue weighted by Crippen LogP contribution is -2.50. The summed E-state index contributed by atoms with van der Waals surface area (Å²) in [6, 6.07) is 8.25. The molecule has 2 N–H and O–H groups in total. The molecule has 5 nitrogen and oxygen atoms in total. The molecule has 2 aliphatic heterocycles. The predicted octanol–water partition coefficient (Wildman–Crippen LogP) is 4.39. The molecule has 2 fully saturated rings. The quantitative estimate of drug-likeness (QED) is 0.531. The van der Waals surface area contributed by atoms with Crippen LogP contribution in [0.15, 0.2) is 29.3 Å². The molecule has 2 unspecified atom stereocenters. The Bertz CT molecular complexity index is 711. The Balaban J connectivity index is 1.63. The number of aliphatic imine (C=N–C) groups is 1. The maximum atomic E-state index is 6.30. The standard InChI is InChI=1S/C24H38ClN3O2/c1-23(2,3)21-18(7-6-12-30-21)16-27-22(26-4)28-17-24(10-13-29-14-11-24)19-8-5-9-20(25)15-19/h5,8-9,15,18,21H,6-7,10-14,16-17H2,1-4H3,(H2,26,27,28). The van der Waals surface area contributed by atoms with E-state index in [1.807, 2.05) is 19.2 Å². The molecule has 1 aromatic carbocycles. The molecule has 1 aromatic rings. The smallest absolute Gasteiger partial charge is 0.191 e. The molecule has 0 radical (unpaired) electrons. The molecule has 30 heavy (non-hydrogen) atoms. The van der Waals surface area contributed by atoms with E-state index in [4.69, 9.17) is 21.1 Å². The van der Waals surface area contributed by atoms with Gasteiger partial charge < -0.3 is 20.1 Å². The van der Waals surface area contributed by atoms with Crippen LogP contribution in [0.25, 0.3) is 0 Å². The van der Waals surface area contributed by atoms with Crippen molar-refractivity contribution in [2.24, 2.45) is 16.3 Å². The molecule has 2 atom stereocenters. The summed E-state index contributed by atoms with van der Waals surface area (Å²) in [6.07, 6.45) is 4.53. The van der Waals surface area contributed by atoms with Gasteiger partial charge in [-0.15, -0.1) is 0 Å². The fraction of sp³-hybridized carbons (Fsp3) is 0.708. The van der Waals surface area contributed by atoms with Crippen LogP contribution in [0.1, 0.15) is 52.0 Å². The molecule has 6 heteroatoms. The number of hydrogen-bond donors (Lipinski definition) is 2. The second kappa shape index (κ2) is 10.3. The van der Waals surface area contributed by atoms with Crippen LogP contribution in [-0.4, -0.2) is 52.0 Å². The van der Waals surface area contributed by atoms with Crippen LogP contribution >= 0.6 is 11.6 Å². The summed E-state index contributed by atoms with van der Waals surface area (Å²) >= 11 is 6.30. The Labute approximate surface area is 187 Å². The van der Waals surface area contributed by atoms with Gasteiger partial charge in [0.1, 0.15) is 0 Å². The predicted molar refractivity (Wildman–Crippen MR) is 124 cm³/mol. The first kappa shape index (κ1) is 23.4. The van der Waals surface area contributed by atoms with Crippen molar-refractivity contribution in [3.63, 3.8) is 0 Å². The van der Waals surface area contributed by atoms with Crippen molar-refractivity contribution in [2.75, 3.05) is 40.0 Å². The number of hydrogen-bond acceptors (Lipinski definition) is 3. The molecule has 0 aromatic heterocycles. The lowest BCUT2D eigenvalue weighted by molar-refractivity contribution is -0.0835. The van der Waals surface area contributed by atoms with Crippen molar-refractivity contribution in [1.82, 2.24) is 10.6 Å². The first-order valence-electron chi connectivity index (χ1n) is 11.2. The fourth-order valence-corrected chi connectivity index (χ4v) is 5.05. The zero-order valence-corrected chi connectivity index (χ0v) is 19.7. The minimum absolute atomic E-state index is 0.00264. The molecule has 0 amide bonds. The molecule has 2 saturated heterocycles. The van der Waals surface area contributed by atoms with Crippen molar-refractivity contribution in [3.8, 4) is 0 Å². The third-order valence-electron chi connectivity index (χ3n) is 6.53. The molecular weight excluding hydrogens is 398 g/mol. The van der Waals surface area contributed by atoms with E-state index in [1.165, 1.54) is 12.0 Å². The zero-order valence-electron chi connectivity index (χ0n) is 19.0. The van der Waals surface area contributed by atoms with Gasteiger partial charge in [-0.25, -0.2) is 0 Å². The van der Waals surface area contributed by atoms with E-state index in [9.17, 15) is 0 Å². The van der Waals surface area contributed by atoms with Gasteiger partial charge in [-0.1, -0.05) is 44.5 Å². The minimum Gasteiger partial charge on any atom is -0.381 e. The summed E-state index contributed by atoms with van der Waals surface area (Å²) in [7, 11) is 1.84. The van der Waals surface area contributed by atoms with Crippen molar-refractivity contribution in [3.05, 3.63) is 34.9 Å². The number of ether oxygens (including phenoxy) is 2. The van der Waals surface area contributed by atoms with Gasteiger partial charge in [-0.3, -0.25) is 4.99 Å². The Morgan fingerprint density at radius 1 is 1.20 bits per heavy atom. The normalized spacial score (nSPS) is 25.0. The zero-order chi connectivity index (χ0) is 21.6. The number of guanidine groups is 1. The van der Waals surface area contributed by atoms with E-state index >= 15 is 0 Å². The first-order valence-corrected chi connectivity index (χ1v) is 11.6. The van der Waals surface area contributed by atoms with Crippen LogP contribution in [0.4, 0.5) is 0 Å². The summed E-state index contributed by atoms with van der Waals surface area (Å²) in [5, 5.41) is 7.94. The Hall–Kier alpha value is -1.30. The third-order valence-corrected chi connectivity index (χ3v) is 6.77. The second-order valence-electron chi connectivity index (χ2n) is 9.77. The van der Waals surface area contributed by atoms with Gasteiger partial charge >= 0.3 is 0 Å². The van der Waals surface area contributed by atoms with E-state index in [2.05, 4.69) is 48.5 Å². The van der Waals surface area contributed by atoms with E-state index in [0.29, 0.717) is 5.92 Å². The number of halogens is 1. The summed E-state index contributed by atoms with van der Waals surface area (Å²) in [4.78, 5) is 4.48. The van der Waals surface area contributed by atoms with Crippen molar-refractivity contribution in [2.45, 2.75) is 58.0 Å². The topological polar surface area (TPSA) is 54.9 Å². The van der Waals surface area contributed by atoms with Crippen LogP contribution in [0.3, 0.4) is 0 Å². The number of nitrogens with zero attached hydrogens (tertiary/aromatic N) is 1. The highest BCUT2D eigenvalue weighted by Gasteiger charge is 2.36. The van der Waals surface area contributed by atoms with Gasteiger partial charge in [0.05, 0.1) is 6.10 Å². The summed E-state index contributed by atoms with van der Waals surface area (Å²) in [5.41, 5.74) is 1.42. The molecule has 0 bridgehead atoms. The largest absolute Gasteiger partial charge is 0.381 e. The van der Waals surface area contributed by atoms with E-state index in [0.717, 1.165) is 63.2 Å². The highest BCUT2D eigenvalue weighted by Crippen LogP contribution is 2.36. The number of benzene rings is 1. The van der Waals surface area contributed by atoms with Crippen LogP contribution < -0.4 is 10.6 Å². The Kier molecular flexibility index (Phi) is 8.05. The molecule has 2 heterocycles. The van der Waals surface area contributed by atoms with Crippen LogP contribution in [0.5, 0.6) is 0 Å². The summed E-state index contributed by atoms with van der Waals surface area (Å²) < 4.78 is 11.8. The van der Waals surface area contributed by atoms with Gasteiger partial charge in [-0.05, 0) is 48.8 Å². The SMILES string of the molecule is CN=C(NCC1CCCOC1C(C)(C)C)NCC1(c2cccc(Cl)c2)CCOCC1. The van der Waals surface area contributed by atoms with Gasteiger partial charge in [0.2, 0.25) is 0 Å². The lowest BCUT2D eigenvalue weighted by atomic mass is 9.74. The maximum Gasteiger partial charge on any atom is 0.191 e. The first-order chi connectivity index (χ1) is 14.3. The second-order valence-corrected chi connectivity index (χ2v) is 10.2. The summed E-state index contributed by atoms with van der Waals surface area (Å²) in [6.45, 7) is 10.9. The average molecular weight is 436 g/mol. The highest BCUT2D eigenvalue weighted by molar-refractivity contribution is 6.30. The van der Waals surface area contributed by atoms with Crippen molar-refractivity contribution >= 4 is 17.6 Å². The molecule has 0 saturated carbocycles. The molecule has 2 aliphatic rings. The fourth-order valence-electron chi connectivity index (χ4n) is 4.86. The van der Waals surface area contributed by atoms with Gasteiger partial charge in [0, 0.05) is 56.3 Å². The number of rotatable bonds is 5. The average Bonchev–Trinajstić information content (AvgIpc) is 2.74. The van der Waals surface area contributed by atoms with E-state index in [-0.39, 0.29) is 16.9 Å².